The van der Waals surface area contributed by atoms with Gasteiger partial charge in [0, 0.05) is 6.04 Å². The molecule has 0 bridgehead atoms. The van der Waals surface area contributed by atoms with Gasteiger partial charge in [-0.3, -0.25) is 0 Å². The molecule has 0 aliphatic heterocycles. The summed E-state index contributed by atoms with van der Waals surface area (Å²) >= 11 is 0. The summed E-state index contributed by atoms with van der Waals surface area (Å²) in [5, 5.41) is 9.48. The summed E-state index contributed by atoms with van der Waals surface area (Å²) in [6, 6.07) is 3.74. The molecule has 2 atom stereocenters. The monoisotopic (exact) mass is 184 g/mol. The molecule has 3 nitrogen and oxygen atoms in total. The molecule has 0 saturated heterocycles. The number of halogens is 1. The Labute approximate surface area is 76.2 Å². The number of anilines is 1. The van der Waals surface area contributed by atoms with Gasteiger partial charge in [0.15, 0.2) is 0 Å². The molecule has 5 N–H and O–H groups in total. The fourth-order valence-corrected chi connectivity index (χ4v) is 1.03. The van der Waals surface area contributed by atoms with Crippen LogP contribution >= 0.6 is 0 Å². The van der Waals surface area contributed by atoms with Crippen molar-refractivity contribution in [2.45, 2.75) is 19.1 Å². The van der Waals surface area contributed by atoms with Crippen LogP contribution in [0.2, 0.25) is 0 Å². The first-order valence-corrected chi connectivity index (χ1v) is 4.01. The Morgan fingerprint density at radius 1 is 1.46 bits per heavy atom. The van der Waals surface area contributed by atoms with E-state index in [0.29, 0.717) is 5.56 Å². The third-order valence-electron chi connectivity index (χ3n) is 1.86. The zero-order valence-corrected chi connectivity index (χ0v) is 7.37. The third kappa shape index (κ3) is 2.17. The van der Waals surface area contributed by atoms with Crippen molar-refractivity contribution < 1.29 is 9.50 Å². The van der Waals surface area contributed by atoms with Crippen LogP contribution in [0.5, 0.6) is 0 Å². The fourth-order valence-electron chi connectivity index (χ4n) is 1.03. The molecular formula is C9H13FN2O. The highest BCUT2D eigenvalue weighted by molar-refractivity contribution is 5.41. The van der Waals surface area contributed by atoms with E-state index in [1.807, 2.05) is 0 Å². The highest BCUT2D eigenvalue weighted by Crippen LogP contribution is 2.19. The van der Waals surface area contributed by atoms with Gasteiger partial charge in [-0.1, -0.05) is 6.07 Å². The van der Waals surface area contributed by atoms with Crippen LogP contribution in [-0.2, 0) is 0 Å². The number of aliphatic hydroxyl groups is 1. The Hall–Kier alpha value is -1.13. The number of aliphatic hydroxyl groups excluding tert-OH is 1. The Kier molecular flexibility index (Phi) is 2.85. The van der Waals surface area contributed by atoms with Crippen LogP contribution in [0.25, 0.3) is 0 Å². The number of rotatable bonds is 2. The SMILES string of the molecule is C[C@H](N)[C@H](O)c1ccc(N)c(F)c1. The lowest BCUT2D eigenvalue weighted by Crippen LogP contribution is -2.24. The van der Waals surface area contributed by atoms with Gasteiger partial charge in [0.25, 0.3) is 0 Å². The maximum Gasteiger partial charge on any atom is 0.146 e. The molecule has 0 aliphatic carbocycles. The smallest absolute Gasteiger partial charge is 0.146 e. The van der Waals surface area contributed by atoms with Gasteiger partial charge in [-0.15, -0.1) is 0 Å². The van der Waals surface area contributed by atoms with Crippen LogP contribution in [0.4, 0.5) is 10.1 Å². The molecule has 72 valence electrons. The molecule has 0 amide bonds. The first kappa shape index (κ1) is 9.95. The summed E-state index contributed by atoms with van der Waals surface area (Å²) in [7, 11) is 0. The van der Waals surface area contributed by atoms with Crippen molar-refractivity contribution in [2.75, 3.05) is 5.73 Å². The fraction of sp³-hybridized carbons (Fsp3) is 0.333. The van der Waals surface area contributed by atoms with Crippen molar-refractivity contribution in [3.8, 4) is 0 Å². The van der Waals surface area contributed by atoms with Crippen LogP contribution in [0, 0.1) is 5.82 Å². The van der Waals surface area contributed by atoms with Crippen molar-refractivity contribution in [2.24, 2.45) is 5.73 Å². The zero-order valence-electron chi connectivity index (χ0n) is 7.37. The average molecular weight is 184 g/mol. The van der Waals surface area contributed by atoms with Crippen LogP contribution in [-0.4, -0.2) is 11.1 Å². The summed E-state index contributed by atoms with van der Waals surface area (Å²) in [6.07, 6.45) is -0.852. The zero-order chi connectivity index (χ0) is 10.0. The number of benzene rings is 1. The first-order chi connectivity index (χ1) is 6.02. The van der Waals surface area contributed by atoms with E-state index in [0.717, 1.165) is 0 Å². The van der Waals surface area contributed by atoms with Crippen molar-refractivity contribution in [3.05, 3.63) is 29.6 Å². The minimum absolute atomic E-state index is 0.0700. The van der Waals surface area contributed by atoms with Crippen molar-refractivity contribution in [1.82, 2.24) is 0 Å². The number of nitrogen functional groups attached to an aromatic ring is 1. The van der Waals surface area contributed by atoms with Crippen LogP contribution in [0.3, 0.4) is 0 Å². The molecule has 0 aliphatic rings. The predicted molar refractivity (Wildman–Crippen MR) is 49.4 cm³/mol. The van der Waals surface area contributed by atoms with Gasteiger partial charge in [0.05, 0.1) is 11.8 Å². The van der Waals surface area contributed by atoms with Gasteiger partial charge in [-0.05, 0) is 24.6 Å². The molecule has 0 fully saturated rings. The standard InChI is InChI=1S/C9H13FN2O/c1-5(11)9(13)6-2-3-8(12)7(10)4-6/h2-5,9,13H,11-12H2,1H3/t5-,9-/m0/s1. The van der Waals surface area contributed by atoms with Crippen LogP contribution in [0.15, 0.2) is 18.2 Å². The molecule has 13 heavy (non-hydrogen) atoms. The van der Waals surface area contributed by atoms with Crippen molar-refractivity contribution in [1.29, 1.82) is 0 Å². The van der Waals surface area contributed by atoms with Crippen molar-refractivity contribution in [3.63, 3.8) is 0 Å². The van der Waals surface area contributed by atoms with E-state index >= 15 is 0 Å². The molecule has 1 aromatic carbocycles. The Morgan fingerprint density at radius 3 is 2.54 bits per heavy atom. The second-order valence-corrected chi connectivity index (χ2v) is 3.08. The molecule has 1 rings (SSSR count). The molecule has 4 heteroatoms. The molecule has 0 radical (unpaired) electrons. The largest absolute Gasteiger partial charge is 0.396 e. The molecule has 0 heterocycles. The molecule has 0 unspecified atom stereocenters. The van der Waals surface area contributed by atoms with Gasteiger partial charge in [0.2, 0.25) is 0 Å². The predicted octanol–water partition coefficient (Wildman–Crippen LogP) is 0.789. The Balaban J connectivity index is 2.97. The maximum atomic E-state index is 12.9. The lowest BCUT2D eigenvalue weighted by molar-refractivity contribution is 0.153. The number of hydrogen-bond donors (Lipinski definition) is 3. The highest BCUT2D eigenvalue weighted by Gasteiger charge is 2.13. The molecule has 0 saturated carbocycles. The minimum Gasteiger partial charge on any atom is -0.396 e. The highest BCUT2D eigenvalue weighted by atomic mass is 19.1. The second-order valence-electron chi connectivity index (χ2n) is 3.08. The topological polar surface area (TPSA) is 72.3 Å². The van der Waals surface area contributed by atoms with E-state index in [1.165, 1.54) is 12.1 Å². The Bertz CT molecular complexity index is 302. The third-order valence-corrected chi connectivity index (χ3v) is 1.86. The van der Waals surface area contributed by atoms with Gasteiger partial charge in [-0.2, -0.15) is 0 Å². The molecule has 0 spiro atoms. The number of hydrogen-bond acceptors (Lipinski definition) is 3. The molecule has 0 aromatic heterocycles. The lowest BCUT2D eigenvalue weighted by atomic mass is 10.0. The van der Waals surface area contributed by atoms with E-state index < -0.39 is 18.0 Å². The summed E-state index contributed by atoms with van der Waals surface area (Å²) < 4.78 is 12.9. The van der Waals surface area contributed by atoms with Crippen LogP contribution < -0.4 is 11.5 Å². The second kappa shape index (κ2) is 3.72. The summed E-state index contributed by atoms with van der Waals surface area (Å²) in [5.74, 6) is -0.530. The normalized spacial score (nSPS) is 15.4. The van der Waals surface area contributed by atoms with Gasteiger partial charge in [0.1, 0.15) is 5.82 Å². The summed E-state index contributed by atoms with van der Waals surface area (Å²) in [5.41, 5.74) is 11.2. The van der Waals surface area contributed by atoms with E-state index in [4.69, 9.17) is 11.5 Å². The Morgan fingerprint density at radius 2 is 2.08 bits per heavy atom. The summed E-state index contributed by atoms with van der Waals surface area (Å²) in [4.78, 5) is 0. The van der Waals surface area contributed by atoms with Crippen LogP contribution in [0.1, 0.15) is 18.6 Å². The van der Waals surface area contributed by atoms with E-state index in [9.17, 15) is 9.50 Å². The van der Waals surface area contributed by atoms with Gasteiger partial charge >= 0.3 is 0 Å². The average Bonchev–Trinajstić information content (AvgIpc) is 2.08. The first-order valence-electron chi connectivity index (χ1n) is 4.01. The molecule has 1 aromatic rings. The lowest BCUT2D eigenvalue weighted by Gasteiger charge is -2.14. The van der Waals surface area contributed by atoms with Crippen molar-refractivity contribution >= 4 is 5.69 Å². The summed E-state index contributed by atoms with van der Waals surface area (Å²) in [6.45, 7) is 1.65. The maximum absolute atomic E-state index is 12.9. The molecular weight excluding hydrogens is 171 g/mol. The minimum atomic E-state index is -0.852. The number of nitrogens with two attached hydrogens (primary N) is 2. The van der Waals surface area contributed by atoms with Gasteiger partial charge in [-0.25, -0.2) is 4.39 Å². The van der Waals surface area contributed by atoms with E-state index in [1.54, 1.807) is 13.0 Å². The van der Waals surface area contributed by atoms with E-state index in [2.05, 4.69) is 0 Å². The van der Waals surface area contributed by atoms with E-state index in [-0.39, 0.29) is 5.69 Å². The van der Waals surface area contributed by atoms with Gasteiger partial charge < -0.3 is 16.6 Å². The quantitative estimate of drug-likeness (QED) is 0.595.